The summed E-state index contributed by atoms with van der Waals surface area (Å²) in [5.74, 6) is 0.148. The van der Waals surface area contributed by atoms with Gasteiger partial charge in [-0.3, -0.25) is 9.48 Å². The number of carbonyl (C=O) groups excluding carboxylic acids is 1. The Morgan fingerprint density at radius 1 is 1.14 bits per heavy atom. The summed E-state index contributed by atoms with van der Waals surface area (Å²) in [6.45, 7) is 3.08. The van der Waals surface area contributed by atoms with Gasteiger partial charge < -0.3 is 19.5 Å². The maximum atomic E-state index is 14.0. The predicted molar refractivity (Wildman–Crippen MR) is 139 cm³/mol. The highest BCUT2D eigenvalue weighted by Crippen LogP contribution is 2.53. The number of aromatic amines is 1. The van der Waals surface area contributed by atoms with Crippen LogP contribution in [-0.2, 0) is 22.0 Å². The Labute approximate surface area is 214 Å². The number of nitrogens with one attached hydrogen (secondary N) is 1. The quantitative estimate of drug-likeness (QED) is 0.465. The lowest BCUT2D eigenvalue weighted by Crippen LogP contribution is -2.48. The average Bonchev–Trinajstić information content (AvgIpc) is 3.60. The summed E-state index contributed by atoms with van der Waals surface area (Å²) >= 11 is 0. The molecule has 4 aromatic heterocycles. The molecule has 3 aliphatic heterocycles. The van der Waals surface area contributed by atoms with Gasteiger partial charge in [-0.25, -0.2) is 15.0 Å². The van der Waals surface area contributed by atoms with Crippen LogP contribution in [0.2, 0.25) is 0 Å². The van der Waals surface area contributed by atoms with Crippen molar-refractivity contribution in [3.05, 3.63) is 54.5 Å². The van der Waals surface area contributed by atoms with E-state index < -0.39 is 5.41 Å². The Morgan fingerprint density at radius 2 is 2.00 bits per heavy atom. The fourth-order valence-electron chi connectivity index (χ4n) is 6.33. The van der Waals surface area contributed by atoms with Crippen LogP contribution in [0.4, 0.5) is 5.69 Å². The second-order valence-corrected chi connectivity index (χ2v) is 10.1. The van der Waals surface area contributed by atoms with Gasteiger partial charge in [0.2, 0.25) is 5.91 Å². The number of hydrogen-bond acceptors (Lipinski definition) is 7. The van der Waals surface area contributed by atoms with Gasteiger partial charge in [0.05, 0.1) is 48.1 Å². The van der Waals surface area contributed by atoms with Crippen LogP contribution < -0.4 is 4.90 Å². The molecule has 10 heteroatoms. The van der Waals surface area contributed by atoms with E-state index in [0.717, 1.165) is 83.8 Å². The molecule has 0 bridgehead atoms. The molecule has 7 heterocycles. The molecule has 0 saturated carbocycles. The average molecular weight is 497 g/mol. The fourth-order valence-corrected chi connectivity index (χ4v) is 6.33. The van der Waals surface area contributed by atoms with Crippen molar-refractivity contribution in [2.45, 2.75) is 24.7 Å². The number of H-pyrrole nitrogens is 1. The third-order valence-corrected chi connectivity index (χ3v) is 8.15. The number of likely N-dealkylation sites (N-methyl/N-ethyl adjacent to an activating group) is 1. The highest BCUT2D eigenvalue weighted by atomic mass is 16.5. The molecule has 1 amide bonds. The number of aryl methyl sites for hydroxylation is 1. The molecule has 4 aromatic rings. The Morgan fingerprint density at radius 3 is 2.70 bits per heavy atom. The summed E-state index contributed by atoms with van der Waals surface area (Å²) in [5.41, 5.74) is 6.98. The highest BCUT2D eigenvalue weighted by Gasteiger charge is 2.53. The van der Waals surface area contributed by atoms with Gasteiger partial charge in [-0.05, 0) is 25.0 Å². The van der Waals surface area contributed by atoms with Crippen molar-refractivity contribution in [1.29, 1.82) is 0 Å². The molecule has 0 aromatic carbocycles. The summed E-state index contributed by atoms with van der Waals surface area (Å²) in [4.78, 5) is 35.3. The van der Waals surface area contributed by atoms with Crippen LogP contribution in [-0.4, -0.2) is 73.9 Å². The molecule has 0 radical (unpaired) electrons. The second kappa shape index (κ2) is 8.24. The Hall–Kier alpha value is -4.05. The summed E-state index contributed by atoms with van der Waals surface area (Å²) in [6, 6.07) is 1.91. The summed E-state index contributed by atoms with van der Waals surface area (Å²) in [5, 5.41) is 5.36. The summed E-state index contributed by atoms with van der Waals surface area (Å²) in [7, 11) is 3.77. The number of carbonyl (C=O) groups is 1. The number of rotatable bonds is 3. The van der Waals surface area contributed by atoms with Crippen molar-refractivity contribution in [1.82, 2.24) is 34.6 Å². The molecule has 7 rings (SSSR count). The minimum absolute atomic E-state index is 0.148. The first-order valence-corrected chi connectivity index (χ1v) is 12.7. The first-order chi connectivity index (χ1) is 18.1. The Balaban J connectivity index is 1.43. The lowest BCUT2D eigenvalue weighted by molar-refractivity contribution is -0.124. The van der Waals surface area contributed by atoms with Gasteiger partial charge in [0, 0.05) is 73.8 Å². The van der Waals surface area contributed by atoms with Crippen molar-refractivity contribution in [2.75, 3.05) is 38.3 Å². The number of amides is 1. The molecule has 1 fully saturated rings. The van der Waals surface area contributed by atoms with Gasteiger partial charge in [-0.1, -0.05) is 0 Å². The van der Waals surface area contributed by atoms with Crippen LogP contribution in [0.5, 0.6) is 0 Å². The van der Waals surface area contributed by atoms with Gasteiger partial charge in [-0.2, -0.15) is 5.10 Å². The first kappa shape index (κ1) is 22.2. The van der Waals surface area contributed by atoms with E-state index in [1.54, 1.807) is 22.1 Å². The minimum atomic E-state index is -0.607. The van der Waals surface area contributed by atoms with Gasteiger partial charge in [-0.15, -0.1) is 0 Å². The molecule has 37 heavy (non-hydrogen) atoms. The van der Waals surface area contributed by atoms with Crippen LogP contribution in [0.3, 0.4) is 0 Å². The third-order valence-electron chi connectivity index (χ3n) is 8.15. The third kappa shape index (κ3) is 3.25. The van der Waals surface area contributed by atoms with E-state index in [1.165, 1.54) is 5.70 Å². The number of hydrogen-bond donors (Lipinski definition) is 1. The molecule has 1 spiro atoms. The Bertz CT molecular complexity index is 1550. The van der Waals surface area contributed by atoms with E-state index in [4.69, 9.17) is 9.72 Å². The smallest absolute Gasteiger partial charge is 0.237 e. The molecular formula is C27H28N8O2. The lowest BCUT2D eigenvalue weighted by Gasteiger charge is -2.41. The van der Waals surface area contributed by atoms with E-state index in [-0.39, 0.29) is 5.91 Å². The molecular weight excluding hydrogens is 468 g/mol. The number of pyridine rings is 1. The molecule has 10 nitrogen and oxygen atoms in total. The van der Waals surface area contributed by atoms with Crippen LogP contribution in [0.15, 0.2) is 49.0 Å². The van der Waals surface area contributed by atoms with E-state index in [9.17, 15) is 4.79 Å². The Kier molecular flexibility index (Phi) is 4.94. The number of ether oxygens (including phenoxy) is 1. The number of fused-ring (bicyclic) bond motifs is 4. The zero-order chi connectivity index (χ0) is 25.1. The summed E-state index contributed by atoms with van der Waals surface area (Å²) < 4.78 is 7.29. The van der Waals surface area contributed by atoms with Crippen LogP contribution in [0.1, 0.15) is 24.8 Å². The fraction of sp³-hybridized carbons (Fsp3) is 0.370. The summed E-state index contributed by atoms with van der Waals surface area (Å²) in [6.07, 6.45) is 13.6. The molecule has 0 unspecified atom stereocenters. The normalized spacial score (nSPS) is 19.1. The van der Waals surface area contributed by atoms with Crippen molar-refractivity contribution >= 4 is 22.6 Å². The number of aromatic nitrogens is 6. The van der Waals surface area contributed by atoms with Crippen molar-refractivity contribution in [3.8, 4) is 22.5 Å². The molecule has 1 saturated heterocycles. The van der Waals surface area contributed by atoms with Gasteiger partial charge in [0.15, 0.2) is 0 Å². The van der Waals surface area contributed by atoms with Crippen LogP contribution in [0.25, 0.3) is 33.5 Å². The van der Waals surface area contributed by atoms with Gasteiger partial charge >= 0.3 is 0 Å². The van der Waals surface area contributed by atoms with E-state index in [0.29, 0.717) is 6.61 Å². The monoisotopic (exact) mass is 496 g/mol. The van der Waals surface area contributed by atoms with Gasteiger partial charge in [0.25, 0.3) is 0 Å². The molecule has 1 N–H and O–H groups in total. The maximum absolute atomic E-state index is 14.0. The van der Waals surface area contributed by atoms with Crippen LogP contribution in [0, 0.1) is 0 Å². The van der Waals surface area contributed by atoms with E-state index in [1.807, 2.05) is 38.8 Å². The predicted octanol–water partition coefficient (Wildman–Crippen LogP) is 3.03. The maximum Gasteiger partial charge on any atom is 0.237 e. The topological polar surface area (TPSA) is 105 Å². The molecule has 3 aliphatic rings. The van der Waals surface area contributed by atoms with E-state index in [2.05, 4.69) is 31.0 Å². The lowest BCUT2D eigenvalue weighted by atomic mass is 9.72. The number of nitrogens with zero attached hydrogens (tertiary/aromatic N) is 7. The highest BCUT2D eigenvalue weighted by molar-refractivity contribution is 6.16. The molecule has 188 valence electrons. The largest absolute Gasteiger partial charge is 0.377 e. The standard InChI is InChI=1S/C27H28N8O2/c1-33-15-17(13-31-33)24-21(19-3-8-28-16-30-19)22-23-20(14-29-25(22)32-24)34(2)26(36)27(23)6-9-35(10-7-27)18-4-11-37-12-5-18/h3-4,8,13-16H,5-7,9-12H2,1-2H3,(H,29,32). The SMILES string of the molecule is CN1C(=O)C2(CCN(C3=CCOCC3)CC2)c2c1cnc1[nH]c(-c3cnn(C)c3)c(-c3ccncn3)c21. The van der Waals surface area contributed by atoms with Crippen molar-refractivity contribution < 1.29 is 9.53 Å². The second-order valence-electron chi connectivity index (χ2n) is 10.1. The zero-order valence-corrected chi connectivity index (χ0v) is 20.9. The van der Waals surface area contributed by atoms with Crippen molar-refractivity contribution in [2.24, 2.45) is 7.05 Å². The minimum Gasteiger partial charge on any atom is -0.377 e. The number of piperidine rings is 1. The number of anilines is 1. The zero-order valence-electron chi connectivity index (χ0n) is 20.9. The molecule has 0 atom stereocenters. The van der Waals surface area contributed by atoms with Gasteiger partial charge in [0.1, 0.15) is 12.0 Å². The van der Waals surface area contributed by atoms with E-state index >= 15 is 0 Å². The van der Waals surface area contributed by atoms with Crippen LogP contribution >= 0.6 is 0 Å². The van der Waals surface area contributed by atoms with Crippen molar-refractivity contribution in [3.63, 3.8) is 0 Å². The number of likely N-dealkylation sites (tertiary alicyclic amines) is 1. The first-order valence-electron chi connectivity index (χ1n) is 12.7. The molecule has 0 aliphatic carbocycles.